The second kappa shape index (κ2) is 9.28. The third-order valence-corrected chi connectivity index (χ3v) is 4.01. The SMILES string of the molecule is COC[C@H](C)NC(=O)CSc1nnc(-c2ccc(OC)cc2OC)o1. The molecule has 0 aliphatic carbocycles. The van der Waals surface area contributed by atoms with Crippen LogP contribution in [-0.2, 0) is 9.53 Å². The van der Waals surface area contributed by atoms with Crippen molar-refractivity contribution < 1.29 is 23.4 Å². The highest BCUT2D eigenvalue weighted by atomic mass is 32.2. The standard InChI is InChI=1S/C16H21N3O5S/c1-10(8-21-2)17-14(20)9-25-16-19-18-15(24-16)12-6-5-11(22-3)7-13(12)23-4/h5-7,10H,8-9H2,1-4H3,(H,17,20)/t10-/m0/s1. The summed E-state index contributed by atoms with van der Waals surface area (Å²) in [5, 5.41) is 11.1. The monoisotopic (exact) mass is 367 g/mol. The molecule has 0 aliphatic rings. The number of carbonyl (C=O) groups is 1. The smallest absolute Gasteiger partial charge is 0.277 e. The van der Waals surface area contributed by atoms with E-state index < -0.39 is 0 Å². The van der Waals surface area contributed by atoms with Gasteiger partial charge in [-0.05, 0) is 19.1 Å². The van der Waals surface area contributed by atoms with Crippen molar-refractivity contribution in [1.29, 1.82) is 0 Å². The minimum Gasteiger partial charge on any atom is -0.497 e. The Morgan fingerprint density at radius 2 is 2.08 bits per heavy atom. The normalized spacial score (nSPS) is 11.8. The molecule has 1 atom stereocenters. The minimum atomic E-state index is -0.128. The van der Waals surface area contributed by atoms with Crippen LogP contribution in [0.5, 0.6) is 11.5 Å². The van der Waals surface area contributed by atoms with Crippen LogP contribution in [0, 0.1) is 0 Å². The first kappa shape index (κ1) is 19.1. The quantitative estimate of drug-likeness (QED) is 0.672. The van der Waals surface area contributed by atoms with Crippen LogP contribution in [0.3, 0.4) is 0 Å². The molecule has 0 spiro atoms. The van der Waals surface area contributed by atoms with E-state index in [1.807, 2.05) is 6.92 Å². The highest BCUT2D eigenvalue weighted by Crippen LogP contribution is 2.33. The minimum absolute atomic E-state index is 0.0556. The average molecular weight is 367 g/mol. The van der Waals surface area contributed by atoms with Gasteiger partial charge in [0.2, 0.25) is 5.91 Å². The second-order valence-electron chi connectivity index (χ2n) is 5.15. The topological polar surface area (TPSA) is 95.7 Å². The van der Waals surface area contributed by atoms with Crippen molar-refractivity contribution in [2.75, 3.05) is 33.7 Å². The van der Waals surface area contributed by atoms with Gasteiger partial charge in [0.15, 0.2) is 0 Å². The molecule has 2 rings (SSSR count). The van der Waals surface area contributed by atoms with E-state index in [1.54, 1.807) is 39.5 Å². The summed E-state index contributed by atoms with van der Waals surface area (Å²) >= 11 is 1.17. The van der Waals surface area contributed by atoms with Gasteiger partial charge in [0.05, 0.1) is 32.1 Å². The van der Waals surface area contributed by atoms with Gasteiger partial charge in [0.1, 0.15) is 11.5 Å². The lowest BCUT2D eigenvalue weighted by molar-refractivity contribution is -0.119. The Labute approximate surface area is 150 Å². The summed E-state index contributed by atoms with van der Waals surface area (Å²) in [7, 11) is 4.72. The number of ether oxygens (including phenoxy) is 3. The van der Waals surface area contributed by atoms with Gasteiger partial charge in [-0.25, -0.2) is 0 Å². The third kappa shape index (κ3) is 5.36. The molecule has 1 amide bonds. The Morgan fingerprint density at radius 1 is 1.28 bits per heavy atom. The summed E-state index contributed by atoms with van der Waals surface area (Å²) in [4.78, 5) is 11.8. The van der Waals surface area contributed by atoms with Gasteiger partial charge in [-0.3, -0.25) is 4.79 Å². The predicted molar refractivity (Wildman–Crippen MR) is 93.0 cm³/mol. The highest BCUT2D eigenvalue weighted by molar-refractivity contribution is 7.99. The summed E-state index contributed by atoms with van der Waals surface area (Å²) in [5.41, 5.74) is 0.654. The number of benzene rings is 1. The number of methoxy groups -OCH3 is 3. The molecule has 1 aromatic heterocycles. The summed E-state index contributed by atoms with van der Waals surface area (Å²) in [6.07, 6.45) is 0. The molecule has 0 radical (unpaired) electrons. The van der Waals surface area contributed by atoms with Crippen LogP contribution in [0.25, 0.3) is 11.5 Å². The summed E-state index contributed by atoms with van der Waals surface area (Å²) in [6, 6.07) is 5.23. The first-order valence-corrected chi connectivity index (χ1v) is 8.53. The summed E-state index contributed by atoms with van der Waals surface area (Å²) in [5.74, 6) is 1.59. The number of nitrogens with one attached hydrogen (secondary N) is 1. The average Bonchev–Trinajstić information content (AvgIpc) is 3.08. The molecule has 0 saturated heterocycles. The van der Waals surface area contributed by atoms with E-state index in [0.717, 1.165) is 0 Å². The number of amides is 1. The van der Waals surface area contributed by atoms with Crippen molar-refractivity contribution in [2.24, 2.45) is 0 Å². The van der Waals surface area contributed by atoms with Crippen molar-refractivity contribution in [3.8, 4) is 23.0 Å². The lowest BCUT2D eigenvalue weighted by Gasteiger charge is -2.11. The third-order valence-electron chi connectivity index (χ3n) is 3.20. The fraction of sp³-hybridized carbons (Fsp3) is 0.438. The van der Waals surface area contributed by atoms with Crippen LogP contribution in [0.1, 0.15) is 6.92 Å². The van der Waals surface area contributed by atoms with E-state index in [4.69, 9.17) is 18.6 Å². The van der Waals surface area contributed by atoms with Crippen molar-refractivity contribution in [1.82, 2.24) is 15.5 Å². The van der Waals surface area contributed by atoms with E-state index in [2.05, 4.69) is 15.5 Å². The van der Waals surface area contributed by atoms with Gasteiger partial charge in [0.25, 0.3) is 11.1 Å². The molecule has 25 heavy (non-hydrogen) atoms. The predicted octanol–water partition coefficient (Wildman–Crippen LogP) is 2.00. The maximum atomic E-state index is 11.8. The number of hydrogen-bond donors (Lipinski definition) is 1. The fourth-order valence-electron chi connectivity index (χ4n) is 2.09. The Kier molecular flexibility index (Phi) is 7.08. The van der Waals surface area contributed by atoms with Crippen molar-refractivity contribution in [3.05, 3.63) is 18.2 Å². The fourth-order valence-corrected chi connectivity index (χ4v) is 2.66. The highest BCUT2D eigenvalue weighted by Gasteiger charge is 2.16. The zero-order valence-corrected chi connectivity index (χ0v) is 15.4. The summed E-state index contributed by atoms with van der Waals surface area (Å²) < 4.78 is 21.1. The van der Waals surface area contributed by atoms with Crippen LogP contribution in [0.15, 0.2) is 27.8 Å². The first-order valence-electron chi connectivity index (χ1n) is 7.54. The molecule has 0 saturated carbocycles. The molecule has 8 nitrogen and oxygen atoms in total. The molecular formula is C16H21N3O5S. The molecule has 2 aromatic rings. The van der Waals surface area contributed by atoms with Gasteiger partial charge in [-0.1, -0.05) is 11.8 Å². The van der Waals surface area contributed by atoms with Crippen LogP contribution in [0.2, 0.25) is 0 Å². The van der Waals surface area contributed by atoms with E-state index in [1.165, 1.54) is 11.8 Å². The van der Waals surface area contributed by atoms with Gasteiger partial charge in [-0.15, -0.1) is 10.2 Å². The molecule has 0 unspecified atom stereocenters. The number of rotatable bonds is 9. The van der Waals surface area contributed by atoms with Gasteiger partial charge < -0.3 is 23.9 Å². The van der Waals surface area contributed by atoms with Crippen molar-refractivity contribution in [2.45, 2.75) is 18.2 Å². The maximum Gasteiger partial charge on any atom is 0.277 e. The molecule has 0 fully saturated rings. The molecular weight excluding hydrogens is 346 g/mol. The zero-order chi connectivity index (χ0) is 18.2. The van der Waals surface area contributed by atoms with E-state index in [-0.39, 0.29) is 17.7 Å². The summed E-state index contributed by atoms with van der Waals surface area (Å²) in [6.45, 7) is 2.32. The first-order chi connectivity index (χ1) is 12.1. The Hall–Kier alpha value is -2.26. The molecule has 0 aliphatic heterocycles. The molecule has 1 heterocycles. The molecule has 1 N–H and O–H groups in total. The lowest BCUT2D eigenvalue weighted by Crippen LogP contribution is -2.36. The number of aromatic nitrogens is 2. The van der Waals surface area contributed by atoms with Gasteiger partial charge >= 0.3 is 0 Å². The second-order valence-corrected chi connectivity index (χ2v) is 6.08. The zero-order valence-electron chi connectivity index (χ0n) is 14.6. The van der Waals surface area contributed by atoms with Crippen LogP contribution in [0.4, 0.5) is 0 Å². The Balaban J connectivity index is 1.99. The molecule has 0 bridgehead atoms. The number of thioether (sulfide) groups is 1. The largest absolute Gasteiger partial charge is 0.497 e. The number of hydrogen-bond acceptors (Lipinski definition) is 8. The van der Waals surface area contributed by atoms with Crippen molar-refractivity contribution >= 4 is 17.7 Å². The maximum absolute atomic E-state index is 11.8. The van der Waals surface area contributed by atoms with Crippen LogP contribution >= 0.6 is 11.8 Å². The molecule has 136 valence electrons. The van der Waals surface area contributed by atoms with Crippen LogP contribution < -0.4 is 14.8 Å². The van der Waals surface area contributed by atoms with E-state index in [9.17, 15) is 4.79 Å². The molecule has 9 heteroatoms. The van der Waals surface area contributed by atoms with Crippen molar-refractivity contribution in [3.63, 3.8) is 0 Å². The number of carbonyl (C=O) groups excluding carboxylic acids is 1. The lowest BCUT2D eigenvalue weighted by atomic mass is 10.2. The van der Waals surface area contributed by atoms with Crippen LogP contribution in [-0.4, -0.2) is 55.8 Å². The van der Waals surface area contributed by atoms with Gasteiger partial charge in [0, 0.05) is 19.2 Å². The molecule has 1 aromatic carbocycles. The van der Waals surface area contributed by atoms with E-state index >= 15 is 0 Å². The Morgan fingerprint density at radius 3 is 2.76 bits per heavy atom. The Bertz CT molecular complexity index is 707. The number of nitrogens with zero attached hydrogens (tertiary/aromatic N) is 2. The van der Waals surface area contributed by atoms with Gasteiger partial charge in [-0.2, -0.15) is 0 Å². The van der Waals surface area contributed by atoms with E-state index in [0.29, 0.717) is 34.8 Å².